The van der Waals surface area contributed by atoms with Gasteiger partial charge in [0, 0.05) is 6.61 Å². The van der Waals surface area contributed by atoms with Gasteiger partial charge in [-0.05, 0) is 30.9 Å². The second-order valence-electron chi connectivity index (χ2n) is 5.93. The number of para-hydroxylation sites is 1. The van der Waals surface area contributed by atoms with E-state index in [9.17, 15) is 5.11 Å². The molecule has 0 aromatic heterocycles. The van der Waals surface area contributed by atoms with Crippen molar-refractivity contribution in [3.05, 3.63) is 29.8 Å². The topological polar surface area (TPSA) is 40.5 Å². The van der Waals surface area contributed by atoms with Crippen molar-refractivity contribution in [1.29, 1.82) is 0 Å². The molecule has 0 amide bonds. The largest absolute Gasteiger partial charge is 0.508 e. The lowest BCUT2D eigenvalue weighted by atomic mass is 10.0. The lowest BCUT2D eigenvalue weighted by Crippen LogP contribution is -1.87. The van der Waals surface area contributed by atoms with Crippen LogP contribution in [0.5, 0.6) is 5.75 Å². The monoisotopic (exact) mass is 308 g/mol. The highest BCUT2D eigenvalue weighted by atomic mass is 16.3. The first kappa shape index (κ1) is 21.0. The van der Waals surface area contributed by atoms with E-state index in [4.69, 9.17) is 5.11 Å². The molecule has 2 heteroatoms. The van der Waals surface area contributed by atoms with E-state index in [2.05, 4.69) is 13.8 Å². The van der Waals surface area contributed by atoms with Gasteiger partial charge in [-0.2, -0.15) is 0 Å². The summed E-state index contributed by atoms with van der Waals surface area (Å²) in [7, 11) is 0. The molecule has 0 bridgehead atoms. The minimum absolute atomic E-state index is 0.355. The standard InChI is InChI=1S/C15H24O.C5H12O/c1-2-3-4-5-6-7-8-11-14-12-9-10-13-15(14)16;1-2-3-4-5-6/h9-10,12-13,16H,2-8,11H2,1H3;6H,2-5H2,1H3. The van der Waals surface area contributed by atoms with Crippen LogP contribution in [0.1, 0.15) is 83.6 Å². The van der Waals surface area contributed by atoms with Crippen molar-refractivity contribution in [3.63, 3.8) is 0 Å². The number of hydrogen-bond donors (Lipinski definition) is 2. The second kappa shape index (κ2) is 16.4. The highest BCUT2D eigenvalue weighted by molar-refractivity contribution is 5.31. The Hall–Kier alpha value is -1.02. The molecule has 0 atom stereocenters. The highest BCUT2D eigenvalue weighted by Gasteiger charge is 1.98. The van der Waals surface area contributed by atoms with Gasteiger partial charge >= 0.3 is 0 Å². The van der Waals surface area contributed by atoms with Crippen LogP contribution >= 0.6 is 0 Å². The molecular weight excluding hydrogens is 272 g/mol. The number of rotatable bonds is 11. The van der Waals surface area contributed by atoms with Crippen LogP contribution in [0.2, 0.25) is 0 Å². The maximum atomic E-state index is 9.58. The molecule has 128 valence electrons. The predicted molar refractivity (Wildman–Crippen MR) is 96.4 cm³/mol. The van der Waals surface area contributed by atoms with Gasteiger partial charge in [-0.25, -0.2) is 0 Å². The number of phenols is 1. The van der Waals surface area contributed by atoms with E-state index in [0.717, 1.165) is 24.8 Å². The van der Waals surface area contributed by atoms with E-state index in [1.807, 2.05) is 18.2 Å². The number of aryl methyl sites for hydroxylation is 1. The maximum Gasteiger partial charge on any atom is 0.118 e. The van der Waals surface area contributed by atoms with Crippen LogP contribution in [-0.4, -0.2) is 16.8 Å². The van der Waals surface area contributed by atoms with Gasteiger partial charge in [-0.15, -0.1) is 0 Å². The third kappa shape index (κ3) is 12.7. The fraction of sp³-hybridized carbons (Fsp3) is 0.700. The molecule has 0 spiro atoms. The molecule has 0 fully saturated rings. The minimum Gasteiger partial charge on any atom is -0.508 e. The fourth-order valence-corrected chi connectivity index (χ4v) is 2.36. The fourth-order valence-electron chi connectivity index (χ4n) is 2.36. The highest BCUT2D eigenvalue weighted by Crippen LogP contribution is 2.18. The Morgan fingerprint density at radius 3 is 1.82 bits per heavy atom. The molecule has 1 aromatic carbocycles. The molecule has 0 saturated heterocycles. The van der Waals surface area contributed by atoms with Crippen LogP contribution in [-0.2, 0) is 6.42 Å². The summed E-state index contributed by atoms with van der Waals surface area (Å²) in [5.74, 6) is 0.452. The molecule has 0 aliphatic rings. The average molecular weight is 309 g/mol. The smallest absolute Gasteiger partial charge is 0.118 e. The number of hydrogen-bond acceptors (Lipinski definition) is 2. The van der Waals surface area contributed by atoms with Crippen molar-refractivity contribution in [2.75, 3.05) is 6.61 Å². The Morgan fingerprint density at radius 2 is 1.27 bits per heavy atom. The summed E-state index contributed by atoms with van der Waals surface area (Å²) in [4.78, 5) is 0. The van der Waals surface area contributed by atoms with Gasteiger partial charge in [-0.3, -0.25) is 0 Å². The maximum absolute atomic E-state index is 9.58. The molecule has 0 unspecified atom stereocenters. The van der Waals surface area contributed by atoms with Crippen molar-refractivity contribution in [3.8, 4) is 5.75 Å². The van der Waals surface area contributed by atoms with Crippen molar-refractivity contribution in [1.82, 2.24) is 0 Å². The van der Waals surface area contributed by atoms with Crippen LogP contribution in [0.15, 0.2) is 24.3 Å². The minimum atomic E-state index is 0.355. The number of phenolic OH excluding ortho intramolecular Hbond substituents is 1. The Balaban J connectivity index is 0.000000626. The quantitative estimate of drug-likeness (QED) is 0.503. The molecular formula is C20H36O2. The first-order valence-corrected chi connectivity index (χ1v) is 9.13. The summed E-state index contributed by atoms with van der Waals surface area (Å²) >= 11 is 0. The molecule has 0 aliphatic heterocycles. The van der Waals surface area contributed by atoms with Gasteiger partial charge in [0.15, 0.2) is 0 Å². The van der Waals surface area contributed by atoms with Gasteiger partial charge in [0.25, 0.3) is 0 Å². The second-order valence-corrected chi connectivity index (χ2v) is 5.93. The van der Waals surface area contributed by atoms with Gasteiger partial charge in [0.05, 0.1) is 0 Å². The van der Waals surface area contributed by atoms with Crippen LogP contribution in [0.4, 0.5) is 0 Å². The first-order valence-electron chi connectivity index (χ1n) is 9.13. The normalized spacial score (nSPS) is 10.1. The number of unbranched alkanes of at least 4 members (excludes halogenated alkanes) is 8. The molecule has 0 radical (unpaired) electrons. The zero-order chi connectivity index (χ0) is 16.5. The molecule has 2 N–H and O–H groups in total. The first-order chi connectivity index (χ1) is 10.8. The van der Waals surface area contributed by atoms with Crippen LogP contribution < -0.4 is 0 Å². The molecule has 1 rings (SSSR count). The molecule has 0 saturated carbocycles. The van der Waals surface area contributed by atoms with E-state index in [-0.39, 0.29) is 0 Å². The molecule has 0 aliphatic carbocycles. The summed E-state index contributed by atoms with van der Waals surface area (Å²) < 4.78 is 0. The van der Waals surface area contributed by atoms with E-state index in [0.29, 0.717) is 12.4 Å². The van der Waals surface area contributed by atoms with Gasteiger partial charge < -0.3 is 10.2 Å². The molecule has 22 heavy (non-hydrogen) atoms. The Kier molecular flexibility index (Phi) is 15.6. The molecule has 0 heterocycles. The Labute approximate surface area is 137 Å². The number of aliphatic hydroxyl groups excluding tert-OH is 1. The van der Waals surface area contributed by atoms with E-state index >= 15 is 0 Å². The summed E-state index contributed by atoms with van der Waals surface area (Å²) in [5.41, 5.74) is 1.09. The summed E-state index contributed by atoms with van der Waals surface area (Å²) in [6, 6.07) is 7.67. The predicted octanol–water partition coefficient (Wildman–Crippen LogP) is 5.85. The van der Waals surface area contributed by atoms with Crippen molar-refractivity contribution >= 4 is 0 Å². The van der Waals surface area contributed by atoms with Crippen molar-refractivity contribution < 1.29 is 10.2 Å². The summed E-state index contributed by atoms with van der Waals surface area (Å²) in [5, 5.41) is 17.8. The molecule has 1 aromatic rings. The van der Waals surface area contributed by atoms with Crippen LogP contribution in [0.3, 0.4) is 0 Å². The zero-order valence-corrected chi connectivity index (χ0v) is 14.7. The lowest BCUT2D eigenvalue weighted by Gasteiger charge is -2.04. The van der Waals surface area contributed by atoms with Crippen molar-refractivity contribution in [2.24, 2.45) is 0 Å². The average Bonchev–Trinajstić information content (AvgIpc) is 2.54. The number of benzene rings is 1. The Morgan fingerprint density at radius 1 is 0.727 bits per heavy atom. The van der Waals surface area contributed by atoms with E-state index in [1.54, 1.807) is 6.07 Å². The van der Waals surface area contributed by atoms with Crippen LogP contribution in [0.25, 0.3) is 0 Å². The Bertz CT molecular complexity index is 332. The lowest BCUT2D eigenvalue weighted by molar-refractivity contribution is 0.284. The van der Waals surface area contributed by atoms with Gasteiger partial charge in [-0.1, -0.05) is 83.4 Å². The van der Waals surface area contributed by atoms with Gasteiger partial charge in [0.1, 0.15) is 5.75 Å². The SMILES string of the molecule is CCCCCCCCCc1ccccc1O.CCCCCO. The summed E-state index contributed by atoms with van der Waals surface area (Å²) in [6.45, 7) is 4.72. The number of aliphatic hydroxyl groups is 1. The zero-order valence-electron chi connectivity index (χ0n) is 14.7. The summed E-state index contributed by atoms with van der Waals surface area (Å²) in [6.07, 6.45) is 13.6. The van der Waals surface area contributed by atoms with E-state index < -0.39 is 0 Å². The van der Waals surface area contributed by atoms with Gasteiger partial charge in [0.2, 0.25) is 0 Å². The third-order valence-corrected chi connectivity index (χ3v) is 3.80. The van der Waals surface area contributed by atoms with Crippen molar-refractivity contribution in [2.45, 2.75) is 84.5 Å². The third-order valence-electron chi connectivity index (χ3n) is 3.80. The van der Waals surface area contributed by atoms with Crippen LogP contribution in [0, 0.1) is 0 Å². The molecule has 2 nitrogen and oxygen atoms in total. The van der Waals surface area contributed by atoms with E-state index in [1.165, 1.54) is 51.4 Å². The number of aromatic hydroxyl groups is 1.